The van der Waals surface area contributed by atoms with Gasteiger partial charge in [0, 0.05) is 42.7 Å². The number of carbonyl (C=O) groups is 3. The van der Waals surface area contributed by atoms with Crippen molar-refractivity contribution in [3.8, 4) is 11.5 Å². The molecule has 1 fully saturated rings. The molecule has 4 aromatic carbocycles. The Morgan fingerprint density at radius 2 is 1.74 bits per heavy atom. The standard InChI is InChI=1S/C44H47N3O7/c1-6-22-46-35-21-18-32(47-36-14-10-11-15-37(36)53-28-40(47)50)25-34(35)44(42(46)51)29(2)41(43(3,4)31-16-19-33(52-5)20-17-31)38(54-44)26-39(49)45(23-24-48)27-30-12-8-7-9-13-30/h6-21,25,29,38,41,48H,1,22-24,26-28H2,2-5H3/t29-,38+,41-,44+/m1/s1. The number of aliphatic hydroxyl groups excluding tert-OH is 1. The molecule has 0 radical (unpaired) electrons. The summed E-state index contributed by atoms with van der Waals surface area (Å²) in [5.41, 5.74) is 2.38. The number of para-hydroxylation sites is 2. The van der Waals surface area contributed by atoms with E-state index in [2.05, 4.69) is 20.4 Å². The summed E-state index contributed by atoms with van der Waals surface area (Å²) in [6.45, 7) is 10.7. The van der Waals surface area contributed by atoms with Crippen molar-refractivity contribution in [1.29, 1.82) is 0 Å². The fourth-order valence-electron chi connectivity index (χ4n) is 8.85. The predicted octanol–water partition coefficient (Wildman–Crippen LogP) is 6.52. The van der Waals surface area contributed by atoms with E-state index in [4.69, 9.17) is 14.2 Å². The van der Waals surface area contributed by atoms with Gasteiger partial charge in [-0.1, -0.05) is 81.4 Å². The number of benzene rings is 4. The smallest absolute Gasteiger partial charge is 0.269 e. The van der Waals surface area contributed by atoms with Gasteiger partial charge < -0.3 is 29.1 Å². The first-order valence-electron chi connectivity index (χ1n) is 18.4. The van der Waals surface area contributed by atoms with Crippen molar-refractivity contribution in [3.05, 3.63) is 126 Å². The number of amides is 3. The summed E-state index contributed by atoms with van der Waals surface area (Å²) in [6.07, 6.45) is 0.977. The van der Waals surface area contributed by atoms with Crippen molar-refractivity contribution in [2.45, 2.75) is 50.9 Å². The van der Waals surface area contributed by atoms with Crippen LogP contribution in [0.15, 0.2) is 110 Å². The van der Waals surface area contributed by atoms with E-state index in [-0.39, 0.29) is 56.4 Å². The van der Waals surface area contributed by atoms with E-state index >= 15 is 4.79 Å². The molecular weight excluding hydrogens is 682 g/mol. The Morgan fingerprint density at radius 1 is 1.02 bits per heavy atom. The lowest BCUT2D eigenvalue weighted by Crippen LogP contribution is -2.46. The summed E-state index contributed by atoms with van der Waals surface area (Å²) in [5.74, 6) is -0.118. The molecule has 4 aromatic rings. The van der Waals surface area contributed by atoms with Gasteiger partial charge in [0.25, 0.3) is 11.8 Å². The third kappa shape index (κ3) is 6.23. The molecule has 3 aliphatic rings. The summed E-state index contributed by atoms with van der Waals surface area (Å²) in [7, 11) is 1.63. The normalized spacial score (nSPS) is 21.8. The molecule has 0 saturated carbocycles. The lowest BCUT2D eigenvalue weighted by molar-refractivity contribution is -0.150. The molecule has 4 atom stereocenters. The van der Waals surface area contributed by atoms with Crippen LogP contribution in [-0.4, -0.2) is 67.2 Å². The first-order chi connectivity index (χ1) is 26.0. The van der Waals surface area contributed by atoms with Gasteiger partial charge in [0.15, 0.2) is 12.2 Å². The number of fused-ring (bicyclic) bond motifs is 3. The van der Waals surface area contributed by atoms with Crippen LogP contribution >= 0.6 is 0 Å². The van der Waals surface area contributed by atoms with Crippen LogP contribution < -0.4 is 19.3 Å². The van der Waals surface area contributed by atoms with Crippen LogP contribution in [-0.2, 0) is 36.7 Å². The Morgan fingerprint density at radius 3 is 2.44 bits per heavy atom. The van der Waals surface area contributed by atoms with Gasteiger partial charge in [-0.3, -0.25) is 19.3 Å². The Labute approximate surface area is 316 Å². The summed E-state index contributed by atoms with van der Waals surface area (Å²) < 4.78 is 18.4. The second-order valence-electron chi connectivity index (χ2n) is 14.8. The minimum atomic E-state index is -1.48. The average molecular weight is 730 g/mol. The maximum atomic E-state index is 15.0. The Kier molecular flexibility index (Phi) is 10.1. The Hall–Kier alpha value is -5.45. The largest absolute Gasteiger partial charge is 0.497 e. The molecule has 3 heterocycles. The molecule has 54 heavy (non-hydrogen) atoms. The first kappa shape index (κ1) is 36.9. The molecule has 280 valence electrons. The van der Waals surface area contributed by atoms with Gasteiger partial charge in [-0.2, -0.15) is 0 Å². The molecule has 0 aliphatic carbocycles. The number of ether oxygens (including phenoxy) is 3. The van der Waals surface area contributed by atoms with Gasteiger partial charge >= 0.3 is 0 Å². The lowest BCUT2D eigenvalue weighted by atomic mass is 9.63. The Bertz CT molecular complexity index is 2050. The molecule has 1 saturated heterocycles. The maximum absolute atomic E-state index is 15.0. The van der Waals surface area contributed by atoms with Crippen molar-refractivity contribution in [2.75, 3.05) is 43.2 Å². The highest BCUT2D eigenvalue weighted by molar-refractivity contribution is 6.10. The van der Waals surface area contributed by atoms with Crippen molar-refractivity contribution < 1.29 is 33.7 Å². The fraction of sp³-hybridized carbons (Fsp3) is 0.341. The minimum absolute atomic E-state index is 0.0116. The maximum Gasteiger partial charge on any atom is 0.269 e. The van der Waals surface area contributed by atoms with Crippen LogP contribution in [0.4, 0.5) is 17.1 Å². The topological polar surface area (TPSA) is 109 Å². The number of hydrogen-bond donors (Lipinski definition) is 1. The molecule has 0 bridgehead atoms. The van der Waals surface area contributed by atoms with Gasteiger partial charge in [0.1, 0.15) is 11.5 Å². The molecule has 0 aromatic heterocycles. The van der Waals surface area contributed by atoms with Crippen LogP contribution in [0, 0.1) is 11.8 Å². The number of carbonyl (C=O) groups excluding carboxylic acids is 3. The highest BCUT2D eigenvalue weighted by atomic mass is 16.5. The van der Waals surface area contributed by atoms with E-state index in [1.54, 1.807) is 27.9 Å². The summed E-state index contributed by atoms with van der Waals surface area (Å²) in [6, 6.07) is 30.5. The van der Waals surface area contributed by atoms with Crippen molar-refractivity contribution in [1.82, 2.24) is 4.90 Å². The predicted molar refractivity (Wildman–Crippen MR) is 207 cm³/mol. The van der Waals surface area contributed by atoms with Crippen LogP contribution in [0.25, 0.3) is 0 Å². The van der Waals surface area contributed by atoms with Gasteiger partial charge in [-0.05, 0) is 59.0 Å². The van der Waals surface area contributed by atoms with Crippen LogP contribution in [0.3, 0.4) is 0 Å². The SMILES string of the molecule is C=CCN1C(=O)[C@@]2(O[C@@H](CC(=O)N(CCO)Cc3ccccc3)[C@H](C(C)(C)c3ccc(OC)cc3)[C@H]2C)c2cc(N3C(=O)COc4ccccc43)ccc21. The van der Waals surface area contributed by atoms with E-state index in [1.807, 2.05) is 104 Å². The highest BCUT2D eigenvalue weighted by Crippen LogP contribution is 2.60. The quantitative estimate of drug-likeness (QED) is 0.166. The number of methoxy groups -OCH3 is 1. The van der Waals surface area contributed by atoms with E-state index in [1.165, 1.54) is 0 Å². The molecule has 0 unspecified atom stereocenters. The lowest BCUT2D eigenvalue weighted by Gasteiger charge is -2.39. The molecule has 10 nitrogen and oxygen atoms in total. The number of rotatable bonds is 12. The molecule has 7 rings (SSSR count). The van der Waals surface area contributed by atoms with Gasteiger partial charge in [0.2, 0.25) is 5.91 Å². The summed E-state index contributed by atoms with van der Waals surface area (Å²) in [4.78, 5) is 47.9. The molecule has 10 heteroatoms. The number of hydrogen-bond acceptors (Lipinski definition) is 7. The van der Waals surface area contributed by atoms with Gasteiger partial charge in [-0.25, -0.2) is 0 Å². The van der Waals surface area contributed by atoms with E-state index in [9.17, 15) is 14.7 Å². The van der Waals surface area contributed by atoms with Crippen LogP contribution in [0.2, 0.25) is 0 Å². The summed E-state index contributed by atoms with van der Waals surface area (Å²) >= 11 is 0. The van der Waals surface area contributed by atoms with E-state index in [0.717, 1.165) is 16.9 Å². The molecular formula is C44H47N3O7. The zero-order chi connectivity index (χ0) is 38.2. The average Bonchev–Trinajstić information content (AvgIpc) is 3.60. The first-order valence-corrected chi connectivity index (χ1v) is 18.4. The third-order valence-corrected chi connectivity index (χ3v) is 11.4. The van der Waals surface area contributed by atoms with Gasteiger partial charge in [-0.15, -0.1) is 6.58 Å². The number of aliphatic hydroxyl groups is 1. The van der Waals surface area contributed by atoms with Crippen molar-refractivity contribution in [2.24, 2.45) is 11.8 Å². The zero-order valence-electron chi connectivity index (χ0n) is 31.2. The van der Waals surface area contributed by atoms with Crippen molar-refractivity contribution in [3.63, 3.8) is 0 Å². The fourth-order valence-corrected chi connectivity index (χ4v) is 8.85. The molecule has 3 aliphatic heterocycles. The number of nitrogens with zero attached hydrogens (tertiary/aromatic N) is 3. The van der Waals surface area contributed by atoms with Crippen LogP contribution in [0.5, 0.6) is 11.5 Å². The second kappa shape index (κ2) is 14.8. The van der Waals surface area contributed by atoms with Gasteiger partial charge in [0.05, 0.1) is 37.6 Å². The third-order valence-electron chi connectivity index (χ3n) is 11.4. The molecule has 3 amide bonds. The van der Waals surface area contributed by atoms with E-state index in [0.29, 0.717) is 34.9 Å². The molecule has 1 spiro atoms. The summed E-state index contributed by atoms with van der Waals surface area (Å²) in [5, 5.41) is 10.0. The zero-order valence-corrected chi connectivity index (χ0v) is 31.2. The Balaban J connectivity index is 1.35. The number of anilines is 3. The van der Waals surface area contributed by atoms with Crippen LogP contribution in [0.1, 0.15) is 43.9 Å². The molecule has 1 N–H and O–H groups in total. The van der Waals surface area contributed by atoms with E-state index < -0.39 is 23.0 Å². The monoisotopic (exact) mass is 729 g/mol. The second-order valence-corrected chi connectivity index (χ2v) is 14.8. The van der Waals surface area contributed by atoms with Crippen molar-refractivity contribution >= 4 is 34.8 Å². The minimum Gasteiger partial charge on any atom is -0.497 e. The highest BCUT2D eigenvalue weighted by Gasteiger charge is 2.66.